The largest absolute Gasteiger partial charge is 0.331 e. The van der Waals surface area contributed by atoms with E-state index in [4.69, 9.17) is 5.73 Å². The lowest BCUT2D eigenvalue weighted by Crippen LogP contribution is -2.24. The van der Waals surface area contributed by atoms with Gasteiger partial charge in [0.25, 0.3) is 0 Å². The molecule has 0 aliphatic carbocycles. The lowest BCUT2D eigenvalue weighted by atomic mass is 10.1. The van der Waals surface area contributed by atoms with Crippen molar-refractivity contribution < 1.29 is 9.59 Å². The molecule has 1 aromatic carbocycles. The van der Waals surface area contributed by atoms with E-state index in [1.54, 1.807) is 4.90 Å². The van der Waals surface area contributed by atoms with Gasteiger partial charge >= 0.3 is 0 Å². The fourth-order valence-corrected chi connectivity index (χ4v) is 1.78. The first-order chi connectivity index (χ1) is 7.69. The molecule has 0 bridgehead atoms. The van der Waals surface area contributed by atoms with E-state index in [0.717, 1.165) is 11.1 Å². The van der Waals surface area contributed by atoms with Gasteiger partial charge in [-0.2, -0.15) is 0 Å². The molecule has 4 nitrogen and oxygen atoms in total. The fourth-order valence-electron chi connectivity index (χ4n) is 1.78. The van der Waals surface area contributed by atoms with Crippen molar-refractivity contribution in [2.45, 2.75) is 19.5 Å². The van der Waals surface area contributed by atoms with Crippen LogP contribution in [-0.4, -0.2) is 23.1 Å². The summed E-state index contributed by atoms with van der Waals surface area (Å²) < 4.78 is 0. The molecule has 84 valence electrons. The molecule has 0 atom stereocenters. The smallest absolute Gasteiger partial charge is 0.230 e. The van der Waals surface area contributed by atoms with Crippen LogP contribution in [0, 0.1) is 0 Å². The SMILES string of the molecule is NCc1ccc(CN2CC(=O)CC2=O)cc1. The number of nitrogens with zero attached hydrogens (tertiary/aromatic N) is 1. The van der Waals surface area contributed by atoms with Crippen LogP contribution in [-0.2, 0) is 22.7 Å². The number of nitrogens with two attached hydrogens (primary N) is 1. The van der Waals surface area contributed by atoms with E-state index in [2.05, 4.69) is 0 Å². The average molecular weight is 218 g/mol. The average Bonchev–Trinajstić information content (AvgIpc) is 2.59. The second-order valence-electron chi connectivity index (χ2n) is 3.99. The number of amides is 1. The first-order valence-electron chi connectivity index (χ1n) is 5.26. The van der Waals surface area contributed by atoms with Crippen LogP contribution in [0.2, 0.25) is 0 Å². The fraction of sp³-hybridized carbons (Fsp3) is 0.333. The lowest BCUT2D eigenvalue weighted by Gasteiger charge is -2.14. The predicted octanol–water partition coefficient (Wildman–Crippen LogP) is 0.447. The molecule has 16 heavy (non-hydrogen) atoms. The second kappa shape index (κ2) is 4.45. The minimum Gasteiger partial charge on any atom is -0.331 e. The third-order valence-electron chi connectivity index (χ3n) is 2.70. The number of hydrogen-bond acceptors (Lipinski definition) is 3. The third-order valence-corrected chi connectivity index (χ3v) is 2.70. The highest BCUT2D eigenvalue weighted by atomic mass is 16.2. The van der Waals surface area contributed by atoms with E-state index < -0.39 is 0 Å². The van der Waals surface area contributed by atoms with Crippen molar-refractivity contribution in [3.8, 4) is 0 Å². The van der Waals surface area contributed by atoms with Crippen molar-refractivity contribution in [3.05, 3.63) is 35.4 Å². The molecule has 1 aliphatic rings. The Balaban J connectivity index is 2.03. The number of ketones is 1. The van der Waals surface area contributed by atoms with Gasteiger partial charge in [-0.05, 0) is 11.1 Å². The van der Waals surface area contributed by atoms with Crippen LogP contribution in [0.15, 0.2) is 24.3 Å². The summed E-state index contributed by atoms with van der Waals surface area (Å²) in [5.74, 6) is -0.0727. The van der Waals surface area contributed by atoms with Gasteiger partial charge in [0.2, 0.25) is 5.91 Å². The molecule has 1 heterocycles. The highest BCUT2D eigenvalue weighted by Gasteiger charge is 2.26. The Morgan fingerprint density at radius 1 is 1.12 bits per heavy atom. The van der Waals surface area contributed by atoms with Gasteiger partial charge in [0, 0.05) is 13.1 Å². The van der Waals surface area contributed by atoms with Crippen molar-refractivity contribution in [1.82, 2.24) is 4.90 Å². The van der Waals surface area contributed by atoms with E-state index in [1.165, 1.54) is 0 Å². The van der Waals surface area contributed by atoms with Gasteiger partial charge in [0.15, 0.2) is 5.78 Å². The molecule has 1 aromatic rings. The quantitative estimate of drug-likeness (QED) is 0.749. The van der Waals surface area contributed by atoms with Gasteiger partial charge in [-0.15, -0.1) is 0 Å². The molecule has 1 amide bonds. The minimum atomic E-state index is -0.0760. The van der Waals surface area contributed by atoms with Crippen LogP contribution in [0.4, 0.5) is 0 Å². The molecule has 2 N–H and O–H groups in total. The Kier molecular flexibility index (Phi) is 3.01. The van der Waals surface area contributed by atoms with Gasteiger partial charge < -0.3 is 10.6 Å². The number of benzene rings is 1. The summed E-state index contributed by atoms with van der Waals surface area (Å²) in [5.41, 5.74) is 7.59. The topological polar surface area (TPSA) is 63.4 Å². The maximum absolute atomic E-state index is 11.4. The molecule has 4 heteroatoms. The molecular formula is C12H14N2O2. The van der Waals surface area contributed by atoms with Gasteiger partial charge in [0.1, 0.15) is 0 Å². The Morgan fingerprint density at radius 2 is 1.75 bits per heavy atom. The zero-order valence-corrected chi connectivity index (χ0v) is 8.98. The molecule has 2 rings (SSSR count). The molecule has 0 spiro atoms. The monoisotopic (exact) mass is 218 g/mol. The Labute approximate surface area is 94.0 Å². The zero-order chi connectivity index (χ0) is 11.5. The van der Waals surface area contributed by atoms with Crippen molar-refractivity contribution >= 4 is 11.7 Å². The third kappa shape index (κ3) is 2.28. The van der Waals surface area contributed by atoms with E-state index in [0.29, 0.717) is 13.1 Å². The maximum Gasteiger partial charge on any atom is 0.230 e. The Bertz CT molecular complexity index is 412. The first kappa shape index (κ1) is 10.8. The van der Waals surface area contributed by atoms with Crippen molar-refractivity contribution in [3.63, 3.8) is 0 Å². The lowest BCUT2D eigenvalue weighted by molar-refractivity contribution is -0.128. The number of rotatable bonds is 3. The van der Waals surface area contributed by atoms with Crippen molar-refractivity contribution in [2.24, 2.45) is 5.73 Å². The molecule has 1 fully saturated rings. The van der Waals surface area contributed by atoms with Gasteiger partial charge in [-0.1, -0.05) is 24.3 Å². The number of Topliss-reactive ketones (excluding diaryl/α,β-unsaturated/α-hetero) is 1. The van der Waals surface area contributed by atoms with Crippen LogP contribution >= 0.6 is 0 Å². The molecule has 0 radical (unpaired) electrons. The van der Waals surface area contributed by atoms with E-state index in [9.17, 15) is 9.59 Å². The predicted molar refractivity (Wildman–Crippen MR) is 59.4 cm³/mol. The van der Waals surface area contributed by atoms with Gasteiger partial charge in [-0.25, -0.2) is 0 Å². The van der Waals surface area contributed by atoms with Crippen LogP contribution in [0.3, 0.4) is 0 Å². The molecule has 1 aliphatic heterocycles. The first-order valence-corrected chi connectivity index (χ1v) is 5.26. The second-order valence-corrected chi connectivity index (χ2v) is 3.99. The van der Waals surface area contributed by atoms with Gasteiger partial charge in [-0.3, -0.25) is 9.59 Å². The Hall–Kier alpha value is -1.68. The summed E-state index contributed by atoms with van der Waals surface area (Å²) in [6.45, 7) is 1.27. The summed E-state index contributed by atoms with van der Waals surface area (Å²) in [7, 11) is 0. The summed E-state index contributed by atoms with van der Waals surface area (Å²) in [6, 6.07) is 7.77. The van der Waals surface area contributed by atoms with Gasteiger partial charge in [0.05, 0.1) is 13.0 Å². The Morgan fingerprint density at radius 3 is 2.25 bits per heavy atom. The van der Waals surface area contributed by atoms with Crippen molar-refractivity contribution in [1.29, 1.82) is 0 Å². The van der Waals surface area contributed by atoms with Crippen molar-refractivity contribution in [2.75, 3.05) is 6.54 Å². The number of likely N-dealkylation sites (tertiary alicyclic amines) is 1. The van der Waals surface area contributed by atoms with Crippen LogP contribution in [0.25, 0.3) is 0 Å². The van der Waals surface area contributed by atoms with E-state index in [-0.39, 0.29) is 24.7 Å². The molecule has 0 aromatic heterocycles. The summed E-state index contributed by atoms with van der Waals surface area (Å²) in [6.07, 6.45) is 0.0564. The zero-order valence-electron chi connectivity index (χ0n) is 8.98. The standard InChI is InChI=1S/C12H14N2O2/c13-6-9-1-3-10(4-2-9)7-14-8-11(15)5-12(14)16/h1-4H,5-8,13H2. The molecule has 0 unspecified atom stereocenters. The minimum absolute atomic E-state index is 0.00331. The van der Waals surface area contributed by atoms with Crippen LogP contribution in [0.5, 0.6) is 0 Å². The number of hydrogen-bond donors (Lipinski definition) is 1. The summed E-state index contributed by atoms with van der Waals surface area (Å²) >= 11 is 0. The number of carbonyl (C=O) groups excluding carboxylic acids is 2. The summed E-state index contributed by atoms with van der Waals surface area (Å²) in [4.78, 5) is 24.1. The highest BCUT2D eigenvalue weighted by molar-refractivity contribution is 6.05. The van der Waals surface area contributed by atoms with E-state index in [1.807, 2.05) is 24.3 Å². The number of carbonyl (C=O) groups is 2. The maximum atomic E-state index is 11.4. The highest BCUT2D eigenvalue weighted by Crippen LogP contribution is 2.12. The molecular weight excluding hydrogens is 204 g/mol. The summed E-state index contributed by atoms with van der Waals surface area (Å²) in [5, 5.41) is 0. The molecule has 1 saturated heterocycles. The molecule has 0 saturated carbocycles. The van der Waals surface area contributed by atoms with Crippen LogP contribution in [0.1, 0.15) is 17.5 Å². The van der Waals surface area contributed by atoms with E-state index >= 15 is 0 Å². The normalized spacial score (nSPS) is 15.9. The van der Waals surface area contributed by atoms with Crippen LogP contribution < -0.4 is 5.73 Å².